The molecule has 1 aromatic heterocycles. The van der Waals surface area contributed by atoms with E-state index in [0.29, 0.717) is 13.1 Å². The molecule has 1 heterocycles. The summed E-state index contributed by atoms with van der Waals surface area (Å²) in [6.45, 7) is 1.24. The number of nitrogens with zero attached hydrogens (tertiary/aromatic N) is 1. The number of carbonyl (C=O) groups excluding carboxylic acids is 1. The van der Waals surface area contributed by atoms with E-state index in [1.54, 1.807) is 12.4 Å². The van der Waals surface area contributed by atoms with E-state index >= 15 is 0 Å². The Labute approximate surface area is 118 Å². The number of ether oxygens (including phenoxy) is 1. The van der Waals surface area contributed by atoms with Crippen LogP contribution in [0.2, 0.25) is 0 Å². The van der Waals surface area contributed by atoms with Crippen molar-refractivity contribution >= 4 is 5.97 Å². The molecule has 2 rings (SSSR count). The second-order valence-corrected chi connectivity index (χ2v) is 4.47. The van der Waals surface area contributed by atoms with Crippen LogP contribution in [0.3, 0.4) is 0 Å². The number of pyridine rings is 1. The summed E-state index contributed by atoms with van der Waals surface area (Å²) < 4.78 is 4.88. The van der Waals surface area contributed by atoms with Gasteiger partial charge in [-0.1, -0.05) is 30.3 Å². The second-order valence-electron chi connectivity index (χ2n) is 4.47. The summed E-state index contributed by atoms with van der Waals surface area (Å²) in [6.07, 6.45) is 3.51. The number of aromatic nitrogens is 1. The zero-order valence-electron chi connectivity index (χ0n) is 11.5. The molecule has 4 nitrogen and oxygen atoms in total. The van der Waals surface area contributed by atoms with E-state index in [1.165, 1.54) is 7.11 Å². The highest BCUT2D eigenvalue weighted by atomic mass is 16.5. The van der Waals surface area contributed by atoms with Crippen LogP contribution in [0.25, 0.3) is 0 Å². The Morgan fingerprint density at radius 1 is 1.20 bits per heavy atom. The fourth-order valence-electron chi connectivity index (χ4n) is 2.03. The summed E-state index contributed by atoms with van der Waals surface area (Å²) in [7, 11) is 1.42. The van der Waals surface area contributed by atoms with Crippen LogP contribution in [0.15, 0.2) is 54.9 Å². The SMILES string of the molecule is COC(=O)C(CNCc1ccncc1)c1ccccc1. The van der Waals surface area contributed by atoms with Crippen LogP contribution in [0.5, 0.6) is 0 Å². The van der Waals surface area contributed by atoms with E-state index in [4.69, 9.17) is 4.74 Å². The van der Waals surface area contributed by atoms with Crippen molar-refractivity contribution in [2.45, 2.75) is 12.5 Å². The molecule has 0 aliphatic heterocycles. The second kappa shape index (κ2) is 7.40. The van der Waals surface area contributed by atoms with Crippen molar-refractivity contribution in [2.75, 3.05) is 13.7 Å². The minimum atomic E-state index is -0.289. The van der Waals surface area contributed by atoms with Crippen molar-refractivity contribution in [3.05, 3.63) is 66.0 Å². The largest absolute Gasteiger partial charge is 0.469 e. The molecule has 1 aromatic carbocycles. The molecule has 1 atom stereocenters. The van der Waals surface area contributed by atoms with Gasteiger partial charge in [-0.3, -0.25) is 9.78 Å². The molecule has 1 unspecified atom stereocenters. The summed E-state index contributed by atoms with van der Waals surface area (Å²) >= 11 is 0. The van der Waals surface area contributed by atoms with E-state index in [1.807, 2.05) is 42.5 Å². The first-order valence-corrected chi connectivity index (χ1v) is 6.53. The van der Waals surface area contributed by atoms with Crippen molar-refractivity contribution in [3.8, 4) is 0 Å². The Morgan fingerprint density at radius 3 is 2.55 bits per heavy atom. The molecule has 0 radical (unpaired) electrons. The van der Waals surface area contributed by atoms with Crippen molar-refractivity contribution < 1.29 is 9.53 Å². The van der Waals surface area contributed by atoms with Crippen LogP contribution < -0.4 is 5.32 Å². The van der Waals surface area contributed by atoms with Gasteiger partial charge in [0.25, 0.3) is 0 Å². The van der Waals surface area contributed by atoms with Gasteiger partial charge >= 0.3 is 5.97 Å². The summed E-state index contributed by atoms with van der Waals surface area (Å²) in [5, 5.41) is 3.29. The zero-order chi connectivity index (χ0) is 14.2. The lowest BCUT2D eigenvalue weighted by Crippen LogP contribution is -2.27. The van der Waals surface area contributed by atoms with Gasteiger partial charge in [0.05, 0.1) is 13.0 Å². The molecule has 20 heavy (non-hydrogen) atoms. The Kier molecular flexibility index (Phi) is 5.26. The Morgan fingerprint density at radius 2 is 1.90 bits per heavy atom. The first kappa shape index (κ1) is 14.2. The molecule has 0 aliphatic carbocycles. The highest BCUT2D eigenvalue weighted by molar-refractivity contribution is 5.78. The van der Waals surface area contributed by atoms with Gasteiger partial charge in [-0.25, -0.2) is 0 Å². The number of esters is 1. The highest BCUT2D eigenvalue weighted by Crippen LogP contribution is 2.16. The molecule has 0 spiro atoms. The number of nitrogens with one attached hydrogen (secondary N) is 1. The third-order valence-corrected chi connectivity index (χ3v) is 3.11. The van der Waals surface area contributed by atoms with Gasteiger partial charge in [-0.05, 0) is 23.3 Å². The average molecular weight is 270 g/mol. The maximum Gasteiger partial charge on any atom is 0.314 e. The van der Waals surface area contributed by atoms with E-state index < -0.39 is 0 Å². The molecule has 0 fully saturated rings. The van der Waals surface area contributed by atoms with Crippen LogP contribution in [0.4, 0.5) is 0 Å². The highest BCUT2D eigenvalue weighted by Gasteiger charge is 2.20. The number of carbonyl (C=O) groups is 1. The first-order chi connectivity index (χ1) is 9.81. The molecule has 0 aliphatic rings. The Bertz CT molecular complexity index is 529. The lowest BCUT2D eigenvalue weighted by atomic mass is 9.99. The quantitative estimate of drug-likeness (QED) is 0.817. The Hall–Kier alpha value is -2.20. The van der Waals surface area contributed by atoms with Gasteiger partial charge in [-0.15, -0.1) is 0 Å². The van der Waals surface area contributed by atoms with Gasteiger partial charge in [-0.2, -0.15) is 0 Å². The monoisotopic (exact) mass is 270 g/mol. The van der Waals surface area contributed by atoms with Crippen molar-refractivity contribution in [2.24, 2.45) is 0 Å². The van der Waals surface area contributed by atoms with Crippen LogP contribution in [-0.2, 0) is 16.1 Å². The van der Waals surface area contributed by atoms with Crippen LogP contribution in [0, 0.1) is 0 Å². The van der Waals surface area contributed by atoms with Gasteiger partial charge < -0.3 is 10.1 Å². The van der Waals surface area contributed by atoms with Crippen LogP contribution >= 0.6 is 0 Å². The number of hydrogen-bond donors (Lipinski definition) is 1. The first-order valence-electron chi connectivity index (χ1n) is 6.53. The molecular formula is C16H18N2O2. The molecular weight excluding hydrogens is 252 g/mol. The Balaban J connectivity index is 1.97. The summed E-state index contributed by atoms with van der Waals surface area (Å²) in [6, 6.07) is 13.6. The summed E-state index contributed by atoms with van der Waals surface area (Å²) in [5.41, 5.74) is 2.10. The van der Waals surface area contributed by atoms with E-state index in [9.17, 15) is 4.79 Å². The van der Waals surface area contributed by atoms with E-state index in [-0.39, 0.29) is 11.9 Å². The van der Waals surface area contributed by atoms with E-state index in [0.717, 1.165) is 11.1 Å². The molecule has 2 aromatic rings. The van der Waals surface area contributed by atoms with E-state index in [2.05, 4.69) is 10.3 Å². The predicted octanol–water partition coefficient (Wildman–Crippen LogP) is 2.13. The summed E-state index contributed by atoms with van der Waals surface area (Å²) in [4.78, 5) is 15.9. The fourth-order valence-corrected chi connectivity index (χ4v) is 2.03. The average Bonchev–Trinajstić information content (AvgIpc) is 2.53. The standard InChI is InChI=1S/C16H18N2O2/c1-20-16(19)15(14-5-3-2-4-6-14)12-18-11-13-7-9-17-10-8-13/h2-10,15,18H,11-12H2,1H3. The number of rotatable bonds is 6. The maximum atomic E-state index is 11.9. The van der Waals surface area contributed by atoms with Gasteiger partial charge in [0.1, 0.15) is 0 Å². The normalized spacial score (nSPS) is 11.8. The van der Waals surface area contributed by atoms with Crippen LogP contribution in [0.1, 0.15) is 17.0 Å². The zero-order valence-corrected chi connectivity index (χ0v) is 11.5. The lowest BCUT2D eigenvalue weighted by Gasteiger charge is -2.15. The smallest absolute Gasteiger partial charge is 0.314 e. The topological polar surface area (TPSA) is 51.2 Å². The lowest BCUT2D eigenvalue weighted by molar-refractivity contribution is -0.142. The molecule has 1 N–H and O–H groups in total. The number of hydrogen-bond acceptors (Lipinski definition) is 4. The molecule has 0 saturated heterocycles. The van der Waals surface area contributed by atoms with Gasteiger partial charge in [0, 0.05) is 25.5 Å². The van der Waals surface area contributed by atoms with Crippen molar-refractivity contribution in [1.82, 2.24) is 10.3 Å². The predicted molar refractivity (Wildman–Crippen MR) is 77.1 cm³/mol. The molecule has 104 valence electrons. The maximum absolute atomic E-state index is 11.9. The minimum absolute atomic E-state index is 0.224. The molecule has 4 heteroatoms. The number of benzene rings is 1. The minimum Gasteiger partial charge on any atom is -0.469 e. The van der Waals surface area contributed by atoms with Crippen molar-refractivity contribution in [3.63, 3.8) is 0 Å². The molecule has 0 amide bonds. The third kappa shape index (κ3) is 3.90. The number of methoxy groups -OCH3 is 1. The summed E-state index contributed by atoms with van der Waals surface area (Å²) in [5.74, 6) is -0.513. The third-order valence-electron chi connectivity index (χ3n) is 3.11. The molecule has 0 bridgehead atoms. The van der Waals surface area contributed by atoms with Crippen LogP contribution in [-0.4, -0.2) is 24.6 Å². The van der Waals surface area contributed by atoms with Gasteiger partial charge in [0.15, 0.2) is 0 Å². The van der Waals surface area contributed by atoms with Gasteiger partial charge in [0.2, 0.25) is 0 Å². The van der Waals surface area contributed by atoms with Crippen molar-refractivity contribution in [1.29, 1.82) is 0 Å². The fraction of sp³-hybridized carbons (Fsp3) is 0.250. The molecule has 0 saturated carbocycles.